The minimum Gasteiger partial charge on any atom is -1.00 e. The van der Waals surface area contributed by atoms with Gasteiger partial charge in [-0.15, -0.1) is 0 Å². The number of carbonyl (C=O) groups is 2. The number of aliphatic carboxylic acids is 2. The Morgan fingerprint density at radius 3 is 1.59 bits per heavy atom. The standard InChI is InChI=1S/C18H16O4.C9H20NO.HI/c19-17(20)15-13(11-7-3-1-4-8-11)16(18(21)22)14(15)12-9-5-2-6-10-12;1-2-10(8-5-9-11)6-3-4-7-10;/h1-10,13-16H,(H,19,20)(H,21,22);11H,2-9H2,1H3;1H/q;+1;/p-3. The third-order valence-electron chi connectivity index (χ3n) is 7.44. The Labute approximate surface area is 219 Å². The molecule has 0 bridgehead atoms. The van der Waals surface area contributed by atoms with Gasteiger partial charge in [-0.2, -0.15) is 0 Å². The van der Waals surface area contributed by atoms with Crippen LogP contribution in [-0.4, -0.2) is 54.3 Å². The molecule has 0 radical (unpaired) electrons. The van der Waals surface area contributed by atoms with Crippen molar-refractivity contribution in [3.05, 3.63) is 71.8 Å². The summed E-state index contributed by atoms with van der Waals surface area (Å²) in [6.45, 7) is 7.75. The molecule has 4 rings (SSSR count). The first-order valence-electron chi connectivity index (χ1n) is 11.9. The van der Waals surface area contributed by atoms with Crippen LogP contribution in [0.4, 0.5) is 0 Å². The van der Waals surface area contributed by atoms with Crippen molar-refractivity contribution >= 4 is 11.9 Å². The summed E-state index contributed by atoms with van der Waals surface area (Å²) in [7, 11) is 0. The lowest BCUT2D eigenvalue weighted by Crippen LogP contribution is -3.00. The number of halogens is 1. The Morgan fingerprint density at radius 1 is 0.853 bits per heavy atom. The second kappa shape index (κ2) is 13.2. The van der Waals surface area contributed by atoms with Gasteiger partial charge in [0.25, 0.3) is 0 Å². The van der Waals surface area contributed by atoms with Gasteiger partial charge in [0.2, 0.25) is 0 Å². The molecule has 1 aliphatic carbocycles. The molecule has 0 aromatic heterocycles. The van der Waals surface area contributed by atoms with Crippen molar-refractivity contribution < 1.29 is 53.4 Å². The van der Waals surface area contributed by atoms with E-state index in [9.17, 15) is 19.8 Å². The summed E-state index contributed by atoms with van der Waals surface area (Å²) in [5.74, 6) is -5.43. The summed E-state index contributed by atoms with van der Waals surface area (Å²) < 4.78 is 1.26. The lowest BCUT2D eigenvalue weighted by molar-refractivity contribution is -0.915. The molecule has 2 aromatic rings. The van der Waals surface area contributed by atoms with Crippen molar-refractivity contribution in [2.75, 3.05) is 32.8 Å². The normalized spacial score (nSPS) is 24.6. The monoisotopic (exact) mass is 579 g/mol. The molecule has 1 N–H and O–H groups in total. The summed E-state index contributed by atoms with van der Waals surface area (Å²) in [6, 6.07) is 17.7. The first-order chi connectivity index (χ1) is 15.9. The summed E-state index contributed by atoms with van der Waals surface area (Å²) in [4.78, 5) is 23.2. The van der Waals surface area contributed by atoms with Crippen LogP contribution in [0.15, 0.2) is 60.7 Å². The van der Waals surface area contributed by atoms with Crippen molar-refractivity contribution in [1.82, 2.24) is 0 Å². The molecule has 0 atom stereocenters. The smallest absolute Gasteiger partial charge is 0.0808 e. The van der Waals surface area contributed by atoms with Crippen LogP contribution in [0.1, 0.15) is 49.1 Å². The zero-order chi connectivity index (χ0) is 23.8. The van der Waals surface area contributed by atoms with Gasteiger partial charge in [-0.25, -0.2) is 0 Å². The number of quaternary nitrogens is 1. The maximum absolute atomic E-state index is 11.6. The van der Waals surface area contributed by atoms with E-state index in [0.717, 1.165) is 6.42 Å². The lowest BCUT2D eigenvalue weighted by Gasteiger charge is -2.53. The van der Waals surface area contributed by atoms with E-state index in [1.807, 2.05) is 0 Å². The van der Waals surface area contributed by atoms with E-state index in [0.29, 0.717) is 17.7 Å². The van der Waals surface area contributed by atoms with Crippen LogP contribution >= 0.6 is 0 Å². The molecule has 7 heteroatoms. The van der Waals surface area contributed by atoms with Crippen molar-refractivity contribution in [3.8, 4) is 0 Å². The van der Waals surface area contributed by atoms with E-state index in [2.05, 4.69) is 6.92 Å². The highest BCUT2D eigenvalue weighted by Crippen LogP contribution is 2.56. The third-order valence-corrected chi connectivity index (χ3v) is 7.44. The number of hydrogen-bond donors (Lipinski definition) is 1. The first-order valence-corrected chi connectivity index (χ1v) is 11.9. The highest BCUT2D eigenvalue weighted by atomic mass is 127. The second-order valence-corrected chi connectivity index (χ2v) is 9.18. The van der Waals surface area contributed by atoms with Crippen molar-refractivity contribution in [1.29, 1.82) is 0 Å². The molecule has 0 unspecified atom stereocenters. The zero-order valence-electron chi connectivity index (χ0n) is 19.6. The van der Waals surface area contributed by atoms with E-state index in [1.54, 1.807) is 60.7 Å². The number of aliphatic hydroxyl groups is 1. The number of carbonyl (C=O) groups excluding carboxylic acids is 2. The maximum Gasteiger partial charge on any atom is 0.0808 e. The summed E-state index contributed by atoms with van der Waals surface area (Å²) >= 11 is 0. The van der Waals surface area contributed by atoms with E-state index in [1.165, 1.54) is 43.5 Å². The molecule has 1 heterocycles. The summed E-state index contributed by atoms with van der Waals surface area (Å²) in [6.07, 6.45) is 3.76. The predicted octanol–water partition coefficient (Wildman–Crippen LogP) is -1.70. The van der Waals surface area contributed by atoms with E-state index >= 15 is 0 Å². The molecule has 2 fully saturated rings. The minimum atomic E-state index is -1.22. The first kappa shape index (κ1) is 28.3. The number of benzene rings is 2. The van der Waals surface area contributed by atoms with Crippen LogP contribution in [0.2, 0.25) is 0 Å². The molecule has 2 aromatic carbocycles. The Hall–Kier alpha value is -1.97. The fraction of sp³-hybridized carbons (Fsp3) is 0.481. The van der Waals surface area contributed by atoms with E-state index in [-0.39, 0.29) is 24.0 Å². The molecule has 34 heavy (non-hydrogen) atoms. The number of rotatable bonds is 8. The summed E-state index contributed by atoms with van der Waals surface area (Å²) in [5, 5.41) is 31.9. The van der Waals surface area contributed by atoms with Crippen LogP contribution in [0, 0.1) is 11.8 Å². The fourth-order valence-electron chi connectivity index (χ4n) is 5.62. The Morgan fingerprint density at radius 2 is 1.26 bits per heavy atom. The van der Waals surface area contributed by atoms with Gasteiger partial charge in [0, 0.05) is 61.5 Å². The highest BCUT2D eigenvalue weighted by molar-refractivity contribution is 5.81. The molecule has 0 spiro atoms. The lowest BCUT2D eigenvalue weighted by atomic mass is 9.52. The second-order valence-electron chi connectivity index (χ2n) is 9.18. The number of carboxylic acid groups (broad SMARTS) is 2. The Bertz CT molecular complexity index is 832. The van der Waals surface area contributed by atoms with Crippen LogP contribution in [0.5, 0.6) is 0 Å². The Kier molecular flexibility index (Phi) is 11.0. The van der Waals surface area contributed by atoms with E-state index < -0.39 is 35.6 Å². The van der Waals surface area contributed by atoms with Gasteiger partial charge in [0.05, 0.1) is 26.2 Å². The van der Waals surface area contributed by atoms with Crippen LogP contribution in [-0.2, 0) is 9.59 Å². The molecule has 186 valence electrons. The van der Waals surface area contributed by atoms with Gasteiger partial charge in [-0.1, -0.05) is 60.7 Å². The molecule has 1 saturated carbocycles. The van der Waals surface area contributed by atoms with Crippen molar-refractivity contribution in [3.63, 3.8) is 0 Å². The van der Waals surface area contributed by atoms with Crippen LogP contribution < -0.4 is 34.2 Å². The largest absolute Gasteiger partial charge is 1.00 e. The minimum absolute atomic E-state index is 0. The highest BCUT2D eigenvalue weighted by Gasteiger charge is 2.52. The quantitative estimate of drug-likeness (QED) is 0.297. The maximum atomic E-state index is 11.6. The van der Waals surface area contributed by atoms with Crippen molar-refractivity contribution in [2.45, 2.75) is 38.0 Å². The molecular weight excluding hydrogens is 545 g/mol. The molecule has 0 amide bonds. The van der Waals surface area contributed by atoms with E-state index in [4.69, 9.17) is 5.11 Å². The van der Waals surface area contributed by atoms with Crippen LogP contribution in [0.3, 0.4) is 0 Å². The zero-order valence-corrected chi connectivity index (χ0v) is 21.8. The van der Waals surface area contributed by atoms with Gasteiger partial charge in [-0.05, 0) is 18.1 Å². The van der Waals surface area contributed by atoms with Gasteiger partial charge < -0.3 is 53.4 Å². The van der Waals surface area contributed by atoms with Gasteiger partial charge in [0.1, 0.15) is 0 Å². The number of aliphatic hydroxyl groups excluding tert-OH is 1. The number of hydrogen-bond acceptors (Lipinski definition) is 5. The topological polar surface area (TPSA) is 100 Å². The number of carboxylic acids is 2. The molecule has 1 saturated heterocycles. The Balaban J connectivity index is 0.000000289. The average molecular weight is 579 g/mol. The molecule has 6 nitrogen and oxygen atoms in total. The number of likely N-dealkylation sites (tertiary alicyclic amines) is 1. The van der Waals surface area contributed by atoms with Gasteiger partial charge in [-0.3, -0.25) is 0 Å². The average Bonchev–Trinajstić information content (AvgIpc) is 3.28. The molecule has 2 aliphatic rings. The van der Waals surface area contributed by atoms with Crippen LogP contribution in [0.25, 0.3) is 0 Å². The molecular formula is C27H34INO5-2. The molecule has 1 aliphatic heterocycles. The SMILES string of the molecule is CC[N+]1(CCCO)CCCC1.O=C([O-])C1C(c2ccccc2)C(C(=O)[O-])C1c1ccccc1.[I-]. The number of nitrogens with zero attached hydrogens (tertiary/aromatic N) is 1. The third kappa shape index (κ3) is 6.37. The predicted molar refractivity (Wildman–Crippen MR) is 122 cm³/mol. The fourth-order valence-corrected chi connectivity index (χ4v) is 5.62. The van der Waals surface area contributed by atoms with Gasteiger partial charge >= 0.3 is 0 Å². The van der Waals surface area contributed by atoms with Crippen molar-refractivity contribution in [2.24, 2.45) is 11.8 Å². The summed E-state index contributed by atoms with van der Waals surface area (Å²) in [5.41, 5.74) is 1.39. The van der Waals surface area contributed by atoms with Gasteiger partial charge in [0.15, 0.2) is 0 Å².